The summed E-state index contributed by atoms with van der Waals surface area (Å²) in [6, 6.07) is 6.00. The van der Waals surface area contributed by atoms with Gasteiger partial charge < -0.3 is 9.84 Å². The molecular formula is C14H17NO5S. The molecule has 0 saturated carbocycles. The van der Waals surface area contributed by atoms with Crippen molar-refractivity contribution in [2.24, 2.45) is 0 Å². The highest BCUT2D eigenvalue weighted by molar-refractivity contribution is 7.89. The Kier molecular flexibility index (Phi) is 5.11. The molecule has 6 nitrogen and oxygen atoms in total. The van der Waals surface area contributed by atoms with Crippen molar-refractivity contribution in [1.82, 2.24) is 4.72 Å². The number of sulfonamides is 1. The number of nitrogens with one attached hydrogen (secondary N) is 1. The maximum absolute atomic E-state index is 12.1. The first-order valence-electron chi connectivity index (χ1n) is 6.60. The Morgan fingerprint density at radius 2 is 2.10 bits per heavy atom. The molecule has 0 spiro atoms. The van der Waals surface area contributed by atoms with Crippen LogP contribution in [0.4, 0.5) is 0 Å². The number of hydrogen-bond acceptors (Lipinski definition) is 4. The highest BCUT2D eigenvalue weighted by Crippen LogP contribution is 2.14. The first-order chi connectivity index (χ1) is 9.97. The monoisotopic (exact) mass is 311 g/mol. The van der Waals surface area contributed by atoms with Gasteiger partial charge in [-0.15, -0.1) is 0 Å². The summed E-state index contributed by atoms with van der Waals surface area (Å²) in [5, 5.41) is 8.53. The van der Waals surface area contributed by atoms with Gasteiger partial charge in [-0.1, -0.05) is 12.1 Å². The minimum atomic E-state index is -3.57. The summed E-state index contributed by atoms with van der Waals surface area (Å²) in [5.41, 5.74) is 0.621. The number of aliphatic carboxylic acids is 1. The Bertz CT molecular complexity index is 615. The molecule has 7 heteroatoms. The fourth-order valence-electron chi connectivity index (χ4n) is 2.02. The summed E-state index contributed by atoms with van der Waals surface area (Å²) in [6.45, 7) is 0.944. The van der Waals surface area contributed by atoms with Crippen molar-refractivity contribution < 1.29 is 23.1 Å². The van der Waals surface area contributed by atoms with Gasteiger partial charge in [0.2, 0.25) is 10.0 Å². The molecule has 0 unspecified atom stereocenters. The molecule has 1 aliphatic heterocycles. The van der Waals surface area contributed by atoms with E-state index < -0.39 is 16.0 Å². The summed E-state index contributed by atoms with van der Waals surface area (Å²) in [7, 11) is -3.57. The van der Waals surface area contributed by atoms with Gasteiger partial charge in [-0.2, -0.15) is 0 Å². The molecule has 0 aromatic heterocycles. The van der Waals surface area contributed by atoms with E-state index in [1.807, 2.05) is 0 Å². The van der Waals surface area contributed by atoms with Crippen molar-refractivity contribution in [3.8, 4) is 0 Å². The van der Waals surface area contributed by atoms with Gasteiger partial charge in [0, 0.05) is 19.2 Å². The topological polar surface area (TPSA) is 92.7 Å². The third-order valence-electron chi connectivity index (χ3n) is 3.13. The van der Waals surface area contributed by atoms with Crippen LogP contribution in [0, 0.1) is 0 Å². The maximum atomic E-state index is 12.1. The number of carbonyl (C=O) groups is 1. The Labute approximate surface area is 123 Å². The van der Waals surface area contributed by atoms with Crippen molar-refractivity contribution in [2.75, 3.05) is 13.2 Å². The summed E-state index contributed by atoms with van der Waals surface area (Å²) < 4.78 is 32.1. The number of ether oxygens (including phenoxy) is 1. The van der Waals surface area contributed by atoms with Gasteiger partial charge in [0.15, 0.2) is 0 Å². The van der Waals surface area contributed by atoms with E-state index >= 15 is 0 Å². The van der Waals surface area contributed by atoms with Crippen LogP contribution in [-0.4, -0.2) is 38.7 Å². The molecule has 1 saturated heterocycles. The fraction of sp³-hybridized carbons (Fsp3) is 0.357. The molecule has 1 fully saturated rings. The van der Waals surface area contributed by atoms with Crippen LogP contribution in [0.1, 0.15) is 18.4 Å². The van der Waals surface area contributed by atoms with E-state index in [1.54, 1.807) is 12.1 Å². The zero-order valence-corrected chi connectivity index (χ0v) is 12.2. The van der Waals surface area contributed by atoms with E-state index in [1.165, 1.54) is 18.2 Å². The second-order valence-corrected chi connectivity index (χ2v) is 6.49. The highest BCUT2D eigenvalue weighted by atomic mass is 32.2. The van der Waals surface area contributed by atoms with Crippen LogP contribution in [0.5, 0.6) is 0 Å². The van der Waals surface area contributed by atoms with Crippen molar-refractivity contribution in [3.05, 3.63) is 35.9 Å². The molecule has 1 aromatic carbocycles. The zero-order chi connectivity index (χ0) is 15.3. The number of hydrogen-bond donors (Lipinski definition) is 2. The zero-order valence-electron chi connectivity index (χ0n) is 11.4. The van der Waals surface area contributed by atoms with Crippen molar-refractivity contribution in [2.45, 2.75) is 23.8 Å². The average molecular weight is 311 g/mol. The first-order valence-corrected chi connectivity index (χ1v) is 8.08. The van der Waals surface area contributed by atoms with Crippen molar-refractivity contribution in [3.63, 3.8) is 0 Å². The summed E-state index contributed by atoms with van der Waals surface area (Å²) in [5.74, 6) is -1.05. The minimum absolute atomic E-state index is 0.0578. The van der Waals surface area contributed by atoms with Gasteiger partial charge in [0.1, 0.15) is 0 Å². The van der Waals surface area contributed by atoms with E-state index in [-0.39, 0.29) is 17.5 Å². The smallest absolute Gasteiger partial charge is 0.328 e. The molecule has 1 atom stereocenters. The van der Waals surface area contributed by atoms with E-state index in [2.05, 4.69) is 4.72 Å². The van der Waals surface area contributed by atoms with E-state index in [4.69, 9.17) is 9.84 Å². The van der Waals surface area contributed by atoms with Crippen LogP contribution in [0.15, 0.2) is 35.2 Å². The normalized spacial score (nSPS) is 19.1. The van der Waals surface area contributed by atoms with E-state index in [0.717, 1.165) is 18.9 Å². The molecule has 0 aliphatic carbocycles. The van der Waals surface area contributed by atoms with Crippen LogP contribution in [0.2, 0.25) is 0 Å². The number of rotatable bonds is 6. The molecule has 1 aromatic rings. The molecule has 1 heterocycles. The molecule has 0 radical (unpaired) electrons. The van der Waals surface area contributed by atoms with Gasteiger partial charge in [0.25, 0.3) is 0 Å². The number of benzene rings is 1. The van der Waals surface area contributed by atoms with Gasteiger partial charge in [-0.25, -0.2) is 17.9 Å². The molecule has 1 aliphatic rings. The van der Waals surface area contributed by atoms with Crippen LogP contribution in [0.3, 0.4) is 0 Å². The summed E-state index contributed by atoms with van der Waals surface area (Å²) >= 11 is 0. The average Bonchev–Trinajstić information content (AvgIpc) is 2.97. The van der Waals surface area contributed by atoms with E-state index in [9.17, 15) is 13.2 Å². The van der Waals surface area contributed by atoms with Crippen molar-refractivity contribution >= 4 is 22.1 Å². The largest absolute Gasteiger partial charge is 0.478 e. The second kappa shape index (κ2) is 6.84. The Balaban J connectivity index is 2.00. The lowest BCUT2D eigenvalue weighted by Gasteiger charge is -2.11. The lowest BCUT2D eigenvalue weighted by molar-refractivity contribution is -0.131. The predicted octanol–water partition coefficient (Wildman–Crippen LogP) is 1.24. The van der Waals surface area contributed by atoms with Gasteiger partial charge in [-0.3, -0.25) is 0 Å². The Morgan fingerprint density at radius 1 is 1.38 bits per heavy atom. The summed E-state index contributed by atoms with van der Waals surface area (Å²) in [6.07, 6.45) is 4.16. The highest BCUT2D eigenvalue weighted by Gasteiger charge is 2.19. The first kappa shape index (κ1) is 15.7. The van der Waals surface area contributed by atoms with Gasteiger partial charge >= 0.3 is 5.97 Å². The third-order valence-corrected chi connectivity index (χ3v) is 4.57. The third kappa shape index (κ3) is 4.66. The quantitative estimate of drug-likeness (QED) is 0.771. The molecular weight excluding hydrogens is 294 g/mol. The minimum Gasteiger partial charge on any atom is -0.478 e. The number of carboxylic acids is 1. The molecule has 21 heavy (non-hydrogen) atoms. The molecule has 0 amide bonds. The SMILES string of the molecule is O=C(O)/C=C\c1ccc(S(=O)(=O)NC[C@H]2CCCO2)cc1. The lowest BCUT2D eigenvalue weighted by Crippen LogP contribution is -2.31. The van der Waals surface area contributed by atoms with Crippen molar-refractivity contribution in [1.29, 1.82) is 0 Å². The van der Waals surface area contributed by atoms with Gasteiger partial charge in [0.05, 0.1) is 11.0 Å². The molecule has 2 N–H and O–H groups in total. The van der Waals surface area contributed by atoms with Crippen LogP contribution < -0.4 is 4.72 Å². The lowest BCUT2D eigenvalue weighted by atomic mass is 10.2. The van der Waals surface area contributed by atoms with Crippen LogP contribution >= 0.6 is 0 Å². The standard InChI is InChI=1S/C14H17NO5S/c16-14(17)8-5-11-3-6-13(7-4-11)21(18,19)15-10-12-2-1-9-20-12/h3-8,12,15H,1-2,9-10H2,(H,16,17)/b8-5-/t12-/m1/s1. The summed E-state index contributed by atoms with van der Waals surface area (Å²) in [4.78, 5) is 10.6. The maximum Gasteiger partial charge on any atom is 0.328 e. The van der Waals surface area contributed by atoms with Crippen LogP contribution in [-0.2, 0) is 19.6 Å². The Morgan fingerprint density at radius 3 is 2.67 bits per heavy atom. The fourth-order valence-corrected chi connectivity index (χ4v) is 3.08. The molecule has 2 rings (SSSR count). The second-order valence-electron chi connectivity index (χ2n) is 4.73. The molecule has 114 valence electrons. The van der Waals surface area contributed by atoms with Crippen LogP contribution in [0.25, 0.3) is 6.08 Å². The van der Waals surface area contributed by atoms with E-state index in [0.29, 0.717) is 12.2 Å². The molecule has 0 bridgehead atoms. The number of carboxylic acid groups (broad SMARTS) is 1. The van der Waals surface area contributed by atoms with Gasteiger partial charge in [-0.05, 0) is 36.6 Å². The predicted molar refractivity (Wildman–Crippen MR) is 77.3 cm³/mol. The Hall–Kier alpha value is -1.70.